The molecule has 9 heteroatoms. The van der Waals surface area contributed by atoms with Crippen LogP contribution in [-0.2, 0) is 14.8 Å². The zero-order chi connectivity index (χ0) is 15.2. The second kappa shape index (κ2) is 7.29. The van der Waals surface area contributed by atoms with Gasteiger partial charge in [-0.25, -0.2) is 22.3 Å². The molecule has 0 atom stereocenters. The smallest absolute Gasteiger partial charge is 0.335 e. The van der Waals surface area contributed by atoms with Gasteiger partial charge >= 0.3 is 5.97 Å². The summed E-state index contributed by atoms with van der Waals surface area (Å²) in [5, 5.41) is 17.2. The van der Waals surface area contributed by atoms with Crippen LogP contribution in [0, 0.1) is 5.82 Å². The van der Waals surface area contributed by atoms with E-state index < -0.39 is 26.7 Å². The number of sulfonamides is 1. The fraction of sp³-hybridized carbons (Fsp3) is 0.364. The second-order valence-electron chi connectivity index (χ2n) is 3.68. The number of aromatic carboxylic acids is 1. The maximum absolute atomic E-state index is 13.5. The first kappa shape index (κ1) is 16.5. The first-order chi connectivity index (χ1) is 9.38. The van der Waals surface area contributed by atoms with Crippen molar-refractivity contribution < 1.29 is 32.6 Å². The summed E-state index contributed by atoms with van der Waals surface area (Å²) in [7, 11) is -4.16. The molecule has 0 aliphatic carbocycles. The molecule has 20 heavy (non-hydrogen) atoms. The van der Waals surface area contributed by atoms with E-state index in [0.29, 0.717) is 0 Å². The molecule has 0 amide bonds. The molecule has 112 valence electrons. The number of benzene rings is 1. The van der Waals surface area contributed by atoms with Crippen LogP contribution in [-0.4, -0.2) is 51.0 Å². The Hall–Kier alpha value is -1.55. The Labute approximate surface area is 115 Å². The summed E-state index contributed by atoms with van der Waals surface area (Å²) in [6.45, 7) is -0.258. The van der Waals surface area contributed by atoms with Gasteiger partial charge in [0.15, 0.2) is 0 Å². The van der Waals surface area contributed by atoms with Crippen LogP contribution in [0.25, 0.3) is 0 Å². The molecule has 3 N–H and O–H groups in total. The molecular weight excluding hydrogens is 293 g/mol. The topological polar surface area (TPSA) is 113 Å². The van der Waals surface area contributed by atoms with Gasteiger partial charge in [0.2, 0.25) is 10.0 Å². The van der Waals surface area contributed by atoms with E-state index in [-0.39, 0.29) is 31.9 Å². The summed E-state index contributed by atoms with van der Waals surface area (Å²) >= 11 is 0. The van der Waals surface area contributed by atoms with Gasteiger partial charge in [0.1, 0.15) is 10.7 Å². The van der Waals surface area contributed by atoms with E-state index in [1.165, 1.54) is 0 Å². The van der Waals surface area contributed by atoms with Gasteiger partial charge in [-0.1, -0.05) is 0 Å². The van der Waals surface area contributed by atoms with Crippen molar-refractivity contribution in [2.24, 2.45) is 0 Å². The molecule has 1 rings (SSSR count). The molecule has 0 saturated carbocycles. The third kappa shape index (κ3) is 4.53. The van der Waals surface area contributed by atoms with Crippen LogP contribution in [0.3, 0.4) is 0 Å². The van der Waals surface area contributed by atoms with Gasteiger partial charge in [-0.05, 0) is 18.2 Å². The Bertz CT molecular complexity index is 574. The fourth-order valence-electron chi connectivity index (χ4n) is 1.33. The largest absolute Gasteiger partial charge is 0.478 e. The van der Waals surface area contributed by atoms with Crippen LogP contribution in [0.15, 0.2) is 23.1 Å². The molecule has 0 aliphatic heterocycles. The van der Waals surface area contributed by atoms with Crippen molar-refractivity contribution in [1.29, 1.82) is 0 Å². The quantitative estimate of drug-likeness (QED) is 0.574. The second-order valence-corrected chi connectivity index (χ2v) is 5.42. The number of aliphatic hydroxyl groups excluding tert-OH is 1. The molecule has 0 fully saturated rings. The monoisotopic (exact) mass is 307 g/mol. The predicted molar refractivity (Wildman–Crippen MR) is 66.5 cm³/mol. The number of nitrogens with one attached hydrogen (secondary N) is 1. The van der Waals surface area contributed by atoms with Gasteiger partial charge < -0.3 is 14.9 Å². The molecule has 0 radical (unpaired) electrons. The van der Waals surface area contributed by atoms with Gasteiger partial charge in [0.25, 0.3) is 0 Å². The minimum atomic E-state index is -4.16. The SMILES string of the molecule is O=C(O)c1ccc(F)c(S(=O)(=O)NCCOCCO)c1. The number of rotatable bonds is 8. The summed E-state index contributed by atoms with van der Waals surface area (Å²) in [4.78, 5) is 10.0. The summed E-state index contributed by atoms with van der Waals surface area (Å²) in [5.41, 5.74) is -0.330. The van der Waals surface area contributed by atoms with E-state index >= 15 is 0 Å². The van der Waals surface area contributed by atoms with Crippen molar-refractivity contribution in [2.75, 3.05) is 26.4 Å². The number of halogens is 1. The minimum absolute atomic E-state index is 0.0000301. The van der Waals surface area contributed by atoms with Gasteiger partial charge in [0, 0.05) is 6.54 Å². The molecule has 1 aromatic rings. The van der Waals surface area contributed by atoms with E-state index in [1.807, 2.05) is 0 Å². The Morgan fingerprint density at radius 2 is 2.05 bits per heavy atom. The van der Waals surface area contributed by atoms with Crippen LogP contribution < -0.4 is 4.72 Å². The number of hydrogen-bond acceptors (Lipinski definition) is 5. The van der Waals surface area contributed by atoms with E-state index in [1.54, 1.807) is 0 Å². The fourth-order valence-corrected chi connectivity index (χ4v) is 2.45. The van der Waals surface area contributed by atoms with Gasteiger partial charge in [-0.15, -0.1) is 0 Å². The molecule has 7 nitrogen and oxygen atoms in total. The van der Waals surface area contributed by atoms with Gasteiger partial charge in [-0.2, -0.15) is 0 Å². The van der Waals surface area contributed by atoms with Crippen LogP contribution >= 0.6 is 0 Å². The van der Waals surface area contributed by atoms with Crippen LogP contribution in [0.5, 0.6) is 0 Å². The molecule has 1 aromatic carbocycles. The highest BCUT2D eigenvalue weighted by Gasteiger charge is 2.20. The highest BCUT2D eigenvalue weighted by atomic mass is 32.2. The van der Waals surface area contributed by atoms with E-state index in [4.69, 9.17) is 14.9 Å². The van der Waals surface area contributed by atoms with E-state index in [9.17, 15) is 17.6 Å². The molecule has 0 spiro atoms. The molecular formula is C11H14FNO6S. The van der Waals surface area contributed by atoms with Gasteiger partial charge in [0.05, 0.1) is 25.4 Å². The molecule has 0 aromatic heterocycles. The van der Waals surface area contributed by atoms with Crippen LogP contribution in [0.4, 0.5) is 4.39 Å². The molecule has 0 unspecified atom stereocenters. The number of aliphatic hydroxyl groups is 1. The van der Waals surface area contributed by atoms with E-state index in [2.05, 4.69) is 4.72 Å². The lowest BCUT2D eigenvalue weighted by Gasteiger charge is -2.08. The summed E-state index contributed by atoms with van der Waals surface area (Å²) < 4.78 is 44.0. The lowest BCUT2D eigenvalue weighted by molar-refractivity contribution is 0.0696. The molecule has 0 heterocycles. The highest BCUT2D eigenvalue weighted by molar-refractivity contribution is 7.89. The number of carboxylic acids is 1. The third-order valence-electron chi connectivity index (χ3n) is 2.24. The maximum Gasteiger partial charge on any atom is 0.335 e. The minimum Gasteiger partial charge on any atom is -0.478 e. The predicted octanol–water partition coefficient (Wildman–Crippen LogP) is -0.189. The molecule has 0 saturated heterocycles. The Balaban J connectivity index is 2.81. The zero-order valence-corrected chi connectivity index (χ0v) is 11.2. The lowest BCUT2D eigenvalue weighted by atomic mass is 10.2. The Kier molecular flexibility index (Phi) is 6.02. The Morgan fingerprint density at radius 3 is 2.65 bits per heavy atom. The van der Waals surface area contributed by atoms with Crippen molar-refractivity contribution in [1.82, 2.24) is 4.72 Å². The first-order valence-electron chi connectivity index (χ1n) is 5.59. The third-order valence-corrected chi connectivity index (χ3v) is 3.72. The average Bonchev–Trinajstić information content (AvgIpc) is 2.38. The van der Waals surface area contributed by atoms with Crippen molar-refractivity contribution in [2.45, 2.75) is 4.90 Å². The average molecular weight is 307 g/mol. The molecule has 0 aliphatic rings. The van der Waals surface area contributed by atoms with Crippen molar-refractivity contribution in [3.63, 3.8) is 0 Å². The molecule has 0 bridgehead atoms. The van der Waals surface area contributed by atoms with Crippen molar-refractivity contribution in [3.05, 3.63) is 29.6 Å². The van der Waals surface area contributed by atoms with Gasteiger partial charge in [-0.3, -0.25) is 0 Å². The van der Waals surface area contributed by atoms with Crippen molar-refractivity contribution in [3.8, 4) is 0 Å². The first-order valence-corrected chi connectivity index (χ1v) is 7.08. The summed E-state index contributed by atoms with van der Waals surface area (Å²) in [6.07, 6.45) is 0. The highest BCUT2D eigenvalue weighted by Crippen LogP contribution is 2.16. The number of carbonyl (C=O) groups is 1. The number of ether oxygens (including phenoxy) is 1. The summed E-state index contributed by atoms with van der Waals surface area (Å²) in [6, 6.07) is 2.50. The Morgan fingerprint density at radius 1 is 1.35 bits per heavy atom. The van der Waals surface area contributed by atoms with Crippen molar-refractivity contribution >= 4 is 16.0 Å². The number of hydrogen-bond donors (Lipinski definition) is 3. The lowest BCUT2D eigenvalue weighted by Crippen LogP contribution is -2.28. The zero-order valence-electron chi connectivity index (χ0n) is 10.4. The van der Waals surface area contributed by atoms with E-state index in [0.717, 1.165) is 18.2 Å². The standard InChI is InChI=1S/C11H14FNO6S/c12-9-2-1-8(11(15)16)7-10(9)20(17,18)13-3-5-19-6-4-14/h1-2,7,13-14H,3-6H2,(H,15,16). The normalized spacial score (nSPS) is 11.5. The maximum atomic E-state index is 13.5. The number of carboxylic acid groups (broad SMARTS) is 1. The van der Waals surface area contributed by atoms with Crippen LogP contribution in [0.1, 0.15) is 10.4 Å². The summed E-state index contributed by atoms with van der Waals surface area (Å²) in [5.74, 6) is -2.40. The van der Waals surface area contributed by atoms with Crippen LogP contribution in [0.2, 0.25) is 0 Å².